The molecule has 19 heavy (non-hydrogen) atoms. The van der Waals surface area contributed by atoms with Crippen LogP contribution in [0.4, 0.5) is 4.39 Å². The molecule has 1 saturated carbocycles. The van der Waals surface area contributed by atoms with Crippen molar-refractivity contribution in [2.45, 2.75) is 32.1 Å². The van der Waals surface area contributed by atoms with Gasteiger partial charge in [0, 0.05) is 6.42 Å². The van der Waals surface area contributed by atoms with Gasteiger partial charge in [-0.3, -0.25) is 10.2 Å². The van der Waals surface area contributed by atoms with Crippen molar-refractivity contribution in [2.75, 3.05) is 0 Å². The molecule has 1 heterocycles. The van der Waals surface area contributed by atoms with Crippen LogP contribution in [0.25, 0.3) is 0 Å². The van der Waals surface area contributed by atoms with Crippen LogP contribution in [-0.2, 0) is 6.42 Å². The molecular formula is C14H16FN3S. The second-order valence-corrected chi connectivity index (χ2v) is 5.66. The van der Waals surface area contributed by atoms with Crippen LogP contribution in [0, 0.1) is 23.4 Å². The van der Waals surface area contributed by atoms with Crippen molar-refractivity contribution in [2.24, 2.45) is 5.92 Å². The Bertz CT molecular complexity index is 642. The monoisotopic (exact) mass is 277 g/mol. The number of halogens is 1. The largest absolute Gasteiger partial charge is 0.286 e. The Morgan fingerprint density at radius 3 is 2.79 bits per heavy atom. The van der Waals surface area contributed by atoms with Crippen molar-refractivity contribution in [3.05, 3.63) is 45.7 Å². The van der Waals surface area contributed by atoms with Gasteiger partial charge in [0.05, 0.1) is 0 Å². The topological polar surface area (TPSA) is 44.5 Å². The van der Waals surface area contributed by atoms with Gasteiger partial charge in [0.2, 0.25) is 4.77 Å². The molecule has 5 heteroatoms. The highest BCUT2D eigenvalue weighted by atomic mass is 32.1. The van der Waals surface area contributed by atoms with Crippen LogP contribution in [-0.4, -0.2) is 15.2 Å². The molecule has 0 spiro atoms. The number of hydrogen-bond acceptors (Lipinski definition) is 2. The van der Waals surface area contributed by atoms with Crippen molar-refractivity contribution in [3.63, 3.8) is 0 Å². The van der Waals surface area contributed by atoms with Crippen LogP contribution in [0.3, 0.4) is 0 Å². The minimum absolute atomic E-state index is 0.141. The van der Waals surface area contributed by atoms with Crippen molar-refractivity contribution in [1.29, 1.82) is 0 Å². The summed E-state index contributed by atoms with van der Waals surface area (Å²) in [5.74, 6) is 1.82. The van der Waals surface area contributed by atoms with Gasteiger partial charge >= 0.3 is 0 Å². The quantitative estimate of drug-likeness (QED) is 0.838. The maximum atomic E-state index is 13.4. The molecule has 1 atom stereocenters. The van der Waals surface area contributed by atoms with Crippen LogP contribution in [0.2, 0.25) is 0 Å². The molecule has 1 aliphatic carbocycles. The fourth-order valence-corrected chi connectivity index (χ4v) is 2.72. The van der Waals surface area contributed by atoms with Gasteiger partial charge in [0.25, 0.3) is 0 Å². The van der Waals surface area contributed by atoms with Crippen LogP contribution in [0.1, 0.15) is 35.7 Å². The van der Waals surface area contributed by atoms with Gasteiger partial charge in [-0.1, -0.05) is 12.1 Å². The van der Waals surface area contributed by atoms with Gasteiger partial charge in [0.15, 0.2) is 0 Å². The van der Waals surface area contributed by atoms with Crippen molar-refractivity contribution < 1.29 is 4.39 Å². The summed E-state index contributed by atoms with van der Waals surface area (Å²) in [7, 11) is 0. The standard InChI is InChI=1S/C14H16FN3S/c1-8-6-10(4-5-12(8)15)11(9-2-3-9)7-13-16-14(19)18-17-13/h4-6,9,11H,2-3,7H2,1H3,(H2,16,17,18,19). The number of nitrogens with one attached hydrogen (secondary N) is 2. The van der Waals surface area contributed by atoms with Crippen molar-refractivity contribution >= 4 is 12.2 Å². The van der Waals surface area contributed by atoms with E-state index in [9.17, 15) is 4.39 Å². The van der Waals surface area contributed by atoms with Gasteiger partial charge in [0.1, 0.15) is 11.6 Å². The molecule has 0 amide bonds. The summed E-state index contributed by atoms with van der Waals surface area (Å²) < 4.78 is 13.9. The molecule has 2 N–H and O–H groups in total. The Hall–Kier alpha value is -1.49. The minimum Gasteiger partial charge on any atom is -0.286 e. The zero-order valence-corrected chi connectivity index (χ0v) is 11.6. The smallest absolute Gasteiger partial charge is 0.213 e. The Morgan fingerprint density at radius 1 is 1.42 bits per heavy atom. The lowest BCUT2D eigenvalue weighted by Gasteiger charge is -2.16. The normalized spacial score (nSPS) is 16.5. The number of H-pyrrole nitrogens is 2. The Kier molecular flexibility index (Phi) is 3.22. The third-order valence-electron chi connectivity index (χ3n) is 3.76. The molecule has 0 radical (unpaired) electrons. The van der Waals surface area contributed by atoms with E-state index >= 15 is 0 Å². The van der Waals surface area contributed by atoms with Gasteiger partial charge in [-0.25, -0.2) is 9.37 Å². The molecule has 0 saturated heterocycles. The van der Waals surface area contributed by atoms with E-state index in [0.29, 0.717) is 22.2 Å². The van der Waals surface area contributed by atoms with E-state index in [1.54, 1.807) is 6.07 Å². The first-order valence-corrected chi connectivity index (χ1v) is 6.94. The van der Waals surface area contributed by atoms with E-state index < -0.39 is 0 Å². The molecular weight excluding hydrogens is 261 g/mol. The van der Waals surface area contributed by atoms with Crippen LogP contribution >= 0.6 is 12.2 Å². The number of aromatic nitrogens is 3. The second-order valence-electron chi connectivity index (χ2n) is 5.27. The fourth-order valence-electron chi connectivity index (χ4n) is 2.56. The average molecular weight is 277 g/mol. The van der Waals surface area contributed by atoms with Crippen molar-refractivity contribution in [3.8, 4) is 0 Å². The predicted molar refractivity (Wildman–Crippen MR) is 74.1 cm³/mol. The molecule has 1 aromatic carbocycles. The Balaban J connectivity index is 1.88. The summed E-state index contributed by atoms with van der Waals surface area (Å²) in [5, 5.41) is 5.82. The summed E-state index contributed by atoms with van der Waals surface area (Å²) >= 11 is 4.97. The highest BCUT2D eigenvalue weighted by Gasteiger charge is 2.33. The molecule has 3 rings (SSSR count). The van der Waals surface area contributed by atoms with Gasteiger partial charge < -0.3 is 0 Å². The van der Waals surface area contributed by atoms with E-state index in [1.165, 1.54) is 18.4 Å². The zero-order chi connectivity index (χ0) is 13.4. The van der Waals surface area contributed by atoms with Crippen LogP contribution in [0.5, 0.6) is 0 Å². The van der Waals surface area contributed by atoms with Gasteiger partial charge in [-0.15, -0.1) is 0 Å². The minimum atomic E-state index is -0.141. The van der Waals surface area contributed by atoms with Crippen LogP contribution in [0.15, 0.2) is 18.2 Å². The molecule has 1 fully saturated rings. The third kappa shape index (κ3) is 2.76. The number of aryl methyl sites for hydroxylation is 1. The zero-order valence-electron chi connectivity index (χ0n) is 10.7. The average Bonchev–Trinajstić information content (AvgIpc) is 3.14. The second kappa shape index (κ2) is 4.89. The maximum Gasteiger partial charge on any atom is 0.213 e. The number of aromatic amines is 2. The first kappa shape index (κ1) is 12.5. The lowest BCUT2D eigenvalue weighted by molar-refractivity contribution is 0.578. The van der Waals surface area contributed by atoms with E-state index in [4.69, 9.17) is 12.2 Å². The molecule has 100 valence electrons. The SMILES string of the molecule is Cc1cc(C(Cc2nc(=S)[nH][nH]2)C2CC2)ccc1F. The predicted octanol–water partition coefficient (Wildman–Crippen LogP) is 3.65. The molecule has 1 aliphatic rings. The lowest BCUT2D eigenvalue weighted by Crippen LogP contribution is -2.07. The summed E-state index contributed by atoms with van der Waals surface area (Å²) in [6.45, 7) is 1.81. The number of hydrogen-bond donors (Lipinski definition) is 2. The highest BCUT2D eigenvalue weighted by Crippen LogP contribution is 2.44. The van der Waals surface area contributed by atoms with E-state index in [0.717, 1.165) is 12.2 Å². The fraction of sp³-hybridized carbons (Fsp3) is 0.429. The van der Waals surface area contributed by atoms with Crippen molar-refractivity contribution in [1.82, 2.24) is 15.2 Å². The molecule has 3 nitrogen and oxygen atoms in total. The van der Waals surface area contributed by atoms with E-state index in [1.807, 2.05) is 19.1 Å². The van der Waals surface area contributed by atoms with Crippen LogP contribution < -0.4 is 0 Å². The summed E-state index contributed by atoms with van der Waals surface area (Å²) in [5.41, 5.74) is 1.90. The number of rotatable bonds is 4. The molecule has 1 aromatic heterocycles. The molecule has 0 bridgehead atoms. The maximum absolute atomic E-state index is 13.4. The number of nitrogens with zero attached hydrogens (tertiary/aromatic N) is 1. The highest BCUT2D eigenvalue weighted by molar-refractivity contribution is 7.71. The molecule has 1 unspecified atom stereocenters. The Labute approximate surface area is 116 Å². The molecule has 2 aromatic rings. The van der Waals surface area contributed by atoms with E-state index in [-0.39, 0.29) is 5.82 Å². The first-order valence-electron chi connectivity index (χ1n) is 6.53. The number of benzene rings is 1. The summed E-state index contributed by atoms with van der Waals surface area (Å²) in [4.78, 5) is 4.26. The Morgan fingerprint density at radius 2 is 2.21 bits per heavy atom. The van der Waals surface area contributed by atoms with Gasteiger partial charge in [-0.2, -0.15) is 0 Å². The third-order valence-corrected chi connectivity index (χ3v) is 3.96. The lowest BCUT2D eigenvalue weighted by atomic mass is 9.90. The first-order chi connectivity index (χ1) is 9.13. The molecule has 0 aliphatic heterocycles. The van der Waals surface area contributed by atoms with E-state index in [2.05, 4.69) is 15.2 Å². The van der Waals surface area contributed by atoms with Gasteiger partial charge in [-0.05, 0) is 61.0 Å². The summed E-state index contributed by atoms with van der Waals surface area (Å²) in [6.07, 6.45) is 3.31. The summed E-state index contributed by atoms with van der Waals surface area (Å²) in [6, 6.07) is 5.42.